The normalized spacial score (nSPS) is 11.0. The maximum absolute atomic E-state index is 5.96. The lowest BCUT2D eigenvalue weighted by molar-refractivity contribution is 0.104. The van der Waals surface area contributed by atoms with Gasteiger partial charge in [0.15, 0.2) is 0 Å². The molecule has 0 bridgehead atoms. The smallest absolute Gasteiger partial charge is 0.138 e. The number of aromatic nitrogens is 1. The van der Waals surface area contributed by atoms with E-state index >= 15 is 0 Å². The molecule has 0 unspecified atom stereocenters. The van der Waals surface area contributed by atoms with Gasteiger partial charge in [0.1, 0.15) is 11.3 Å². The molecule has 118 valence electrons. The van der Waals surface area contributed by atoms with E-state index in [1.54, 1.807) is 0 Å². The van der Waals surface area contributed by atoms with Gasteiger partial charge in [0.05, 0.1) is 18.9 Å². The third kappa shape index (κ3) is 3.21. The molecule has 0 saturated heterocycles. The fourth-order valence-electron chi connectivity index (χ4n) is 2.65. The van der Waals surface area contributed by atoms with Crippen LogP contribution in [0.15, 0.2) is 83.4 Å². The van der Waals surface area contributed by atoms with Crippen molar-refractivity contribution in [3.63, 3.8) is 0 Å². The molecule has 2 aromatic carbocycles. The van der Waals surface area contributed by atoms with Crippen LogP contribution >= 0.6 is 0 Å². The monoisotopic (exact) mass is 315 g/mol. The molecule has 4 rings (SSSR count). The summed E-state index contributed by atoms with van der Waals surface area (Å²) >= 11 is 0. The molecule has 2 aromatic heterocycles. The molecule has 24 heavy (non-hydrogen) atoms. The van der Waals surface area contributed by atoms with Crippen molar-refractivity contribution in [2.45, 2.75) is 13.2 Å². The van der Waals surface area contributed by atoms with Crippen molar-refractivity contribution in [2.24, 2.45) is 0 Å². The molecule has 0 radical (unpaired) electrons. The van der Waals surface area contributed by atoms with Crippen LogP contribution in [0.4, 0.5) is 0 Å². The standard InChI is InChI=1S/C21H17NO2/c1-3-7-16(8-4-1)14-23-15-19-12-21-18(13-22-19)11-20(24-21)17-9-5-2-6-10-17/h1-13H,14-15H2. The number of pyridine rings is 1. The van der Waals surface area contributed by atoms with E-state index in [1.165, 1.54) is 0 Å². The second kappa shape index (κ2) is 6.69. The minimum Gasteiger partial charge on any atom is -0.456 e. The summed E-state index contributed by atoms with van der Waals surface area (Å²) in [5.41, 5.74) is 3.92. The maximum Gasteiger partial charge on any atom is 0.138 e. The van der Waals surface area contributed by atoms with E-state index < -0.39 is 0 Å². The van der Waals surface area contributed by atoms with Gasteiger partial charge in [0.2, 0.25) is 0 Å². The Morgan fingerprint density at radius 3 is 2.38 bits per heavy atom. The second-order valence-corrected chi connectivity index (χ2v) is 5.67. The van der Waals surface area contributed by atoms with Crippen LogP contribution in [0.3, 0.4) is 0 Å². The van der Waals surface area contributed by atoms with Crippen molar-refractivity contribution in [1.82, 2.24) is 4.98 Å². The molecule has 0 spiro atoms. The van der Waals surface area contributed by atoms with Gasteiger partial charge in [-0.2, -0.15) is 0 Å². The fourth-order valence-corrected chi connectivity index (χ4v) is 2.65. The number of benzene rings is 2. The third-order valence-electron chi connectivity index (χ3n) is 3.88. The first kappa shape index (κ1) is 14.7. The van der Waals surface area contributed by atoms with Gasteiger partial charge in [-0.15, -0.1) is 0 Å². The summed E-state index contributed by atoms with van der Waals surface area (Å²) in [5, 5.41) is 1.00. The number of furan rings is 1. The SMILES string of the molecule is c1ccc(COCc2cc3oc(-c4ccccc4)cc3cn2)cc1. The Morgan fingerprint density at radius 1 is 0.833 bits per heavy atom. The van der Waals surface area contributed by atoms with Crippen LogP contribution in [-0.2, 0) is 18.0 Å². The second-order valence-electron chi connectivity index (χ2n) is 5.67. The highest BCUT2D eigenvalue weighted by Crippen LogP contribution is 2.27. The van der Waals surface area contributed by atoms with Gasteiger partial charge in [-0.1, -0.05) is 60.7 Å². The lowest BCUT2D eigenvalue weighted by atomic mass is 10.2. The quantitative estimate of drug-likeness (QED) is 0.507. The average Bonchev–Trinajstić information content (AvgIpc) is 3.07. The van der Waals surface area contributed by atoms with E-state index in [9.17, 15) is 0 Å². The highest BCUT2D eigenvalue weighted by atomic mass is 16.5. The topological polar surface area (TPSA) is 35.3 Å². The van der Waals surface area contributed by atoms with Crippen molar-refractivity contribution in [3.05, 3.63) is 90.3 Å². The summed E-state index contributed by atoms with van der Waals surface area (Å²) in [6, 6.07) is 24.2. The first-order valence-electron chi connectivity index (χ1n) is 7.94. The van der Waals surface area contributed by atoms with Crippen molar-refractivity contribution in [3.8, 4) is 11.3 Å². The number of nitrogens with zero attached hydrogens (tertiary/aromatic N) is 1. The Balaban J connectivity index is 1.49. The number of fused-ring (bicyclic) bond motifs is 1. The highest BCUT2D eigenvalue weighted by molar-refractivity contribution is 5.82. The minimum atomic E-state index is 0.464. The molecular weight excluding hydrogens is 298 g/mol. The third-order valence-corrected chi connectivity index (χ3v) is 3.88. The van der Waals surface area contributed by atoms with Gasteiger partial charge in [-0.3, -0.25) is 4.98 Å². The lowest BCUT2D eigenvalue weighted by Gasteiger charge is -2.03. The predicted octanol–water partition coefficient (Wildman–Crippen LogP) is 5.21. The summed E-state index contributed by atoms with van der Waals surface area (Å²) in [6.45, 7) is 1.04. The van der Waals surface area contributed by atoms with Crippen LogP contribution in [0.25, 0.3) is 22.3 Å². The molecule has 0 fully saturated rings. The average molecular weight is 315 g/mol. The zero-order valence-corrected chi connectivity index (χ0v) is 13.2. The summed E-state index contributed by atoms with van der Waals surface area (Å²) in [5.74, 6) is 0.856. The number of ether oxygens (including phenoxy) is 1. The van der Waals surface area contributed by atoms with Crippen LogP contribution in [0.5, 0.6) is 0 Å². The van der Waals surface area contributed by atoms with Gasteiger partial charge in [-0.25, -0.2) is 0 Å². The first-order valence-corrected chi connectivity index (χ1v) is 7.94. The van der Waals surface area contributed by atoms with Gasteiger partial charge in [-0.05, 0) is 11.6 Å². The molecule has 3 heteroatoms. The highest BCUT2D eigenvalue weighted by Gasteiger charge is 2.07. The van der Waals surface area contributed by atoms with Gasteiger partial charge >= 0.3 is 0 Å². The molecule has 0 amide bonds. The minimum absolute atomic E-state index is 0.464. The molecule has 2 heterocycles. The Bertz CT molecular complexity index is 930. The molecule has 0 N–H and O–H groups in total. The maximum atomic E-state index is 5.96. The number of hydrogen-bond acceptors (Lipinski definition) is 3. The van der Waals surface area contributed by atoms with E-state index in [0.29, 0.717) is 13.2 Å². The Kier molecular flexibility index (Phi) is 4.09. The predicted molar refractivity (Wildman–Crippen MR) is 94.4 cm³/mol. The first-order chi connectivity index (χ1) is 11.9. The van der Waals surface area contributed by atoms with E-state index in [2.05, 4.69) is 17.1 Å². The van der Waals surface area contributed by atoms with Gasteiger partial charge < -0.3 is 9.15 Å². The summed E-state index contributed by atoms with van der Waals surface area (Å²) in [4.78, 5) is 4.46. The van der Waals surface area contributed by atoms with E-state index in [0.717, 1.165) is 33.6 Å². The summed E-state index contributed by atoms with van der Waals surface area (Å²) in [7, 11) is 0. The Labute approximate surface area is 140 Å². The largest absolute Gasteiger partial charge is 0.456 e. The molecule has 3 nitrogen and oxygen atoms in total. The molecule has 0 atom stereocenters. The zero-order chi connectivity index (χ0) is 16.2. The van der Waals surface area contributed by atoms with Crippen LogP contribution in [-0.4, -0.2) is 4.98 Å². The molecule has 0 aliphatic carbocycles. The Hall–Kier alpha value is -2.91. The Morgan fingerprint density at radius 2 is 1.58 bits per heavy atom. The van der Waals surface area contributed by atoms with E-state index in [-0.39, 0.29) is 0 Å². The van der Waals surface area contributed by atoms with Gasteiger partial charge in [0, 0.05) is 23.2 Å². The number of rotatable bonds is 5. The molecule has 4 aromatic rings. The molecule has 0 saturated carbocycles. The van der Waals surface area contributed by atoms with Crippen molar-refractivity contribution in [2.75, 3.05) is 0 Å². The molecule has 0 aliphatic heterocycles. The van der Waals surface area contributed by atoms with Crippen molar-refractivity contribution < 1.29 is 9.15 Å². The van der Waals surface area contributed by atoms with Crippen LogP contribution < -0.4 is 0 Å². The fraction of sp³-hybridized carbons (Fsp3) is 0.0952. The van der Waals surface area contributed by atoms with Crippen LogP contribution in [0.2, 0.25) is 0 Å². The molecular formula is C21H17NO2. The van der Waals surface area contributed by atoms with E-state index in [1.807, 2.05) is 66.9 Å². The van der Waals surface area contributed by atoms with Crippen molar-refractivity contribution >= 4 is 11.0 Å². The van der Waals surface area contributed by atoms with E-state index in [4.69, 9.17) is 9.15 Å². The summed E-state index contributed by atoms with van der Waals surface area (Å²) < 4.78 is 11.7. The van der Waals surface area contributed by atoms with Gasteiger partial charge in [0.25, 0.3) is 0 Å². The van der Waals surface area contributed by atoms with Crippen molar-refractivity contribution in [1.29, 1.82) is 0 Å². The lowest BCUT2D eigenvalue weighted by Crippen LogP contribution is -1.96. The summed E-state index contributed by atoms with van der Waals surface area (Å²) in [6.07, 6.45) is 1.84. The molecule has 0 aliphatic rings. The van der Waals surface area contributed by atoms with Crippen LogP contribution in [0.1, 0.15) is 11.3 Å². The number of hydrogen-bond donors (Lipinski definition) is 0. The van der Waals surface area contributed by atoms with Crippen LogP contribution in [0, 0.1) is 0 Å². The zero-order valence-electron chi connectivity index (χ0n) is 13.2.